The van der Waals surface area contributed by atoms with Crippen LogP contribution in [-0.2, 0) is 0 Å². The van der Waals surface area contributed by atoms with E-state index in [1.807, 2.05) is 0 Å². The lowest BCUT2D eigenvalue weighted by Gasteiger charge is -2.30. The fraction of sp³-hybridized carbons (Fsp3) is 0.0690. The average Bonchev–Trinajstić information content (AvgIpc) is 0.807. The van der Waals surface area contributed by atoms with Crippen LogP contribution in [0.15, 0.2) is 455 Å². The zero-order chi connectivity index (χ0) is 84.1. The zero-order valence-electron chi connectivity index (χ0n) is 70.9. The van der Waals surface area contributed by atoms with Crippen LogP contribution >= 0.6 is 0 Å². The predicted molar refractivity (Wildman–Crippen MR) is 524 cm³/mol. The van der Waals surface area contributed by atoms with E-state index in [9.17, 15) is 0 Å². The third-order valence-electron chi connectivity index (χ3n) is 22.4. The summed E-state index contributed by atoms with van der Waals surface area (Å²) in [6.07, 6.45) is 0. The van der Waals surface area contributed by atoms with Gasteiger partial charge in [0.05, 0.1) is 0 Å². The van der Waals surface area contributed by atoms with Gasteiger partial charge in [0, 0.05) is 119 Å². The van der Waals surface area contributed by atoms with Gasteiger partial charge in [-0.2, -0.15) is 0 Å². The van der Waals surface area contributed by atoms with Gasteiger partial charge < -0.3 is 34.3 Å². The summed E-state index contributed by atoms with van der Waals surface area (Å²) < 4.78 is 0. The smallest absolute Gasteiger partial charge is 0.0464 e. The Kier molecular flexibility index (Phi) is 24.0. The Labute approximate surface area is 726 Å². The Morgan fingerprint density at radius 2 is 0.203 bits per heavy atom. The van der Waals surface area contributed by atoms with Gasteiger partial charge in [0.15, 0.2) is 0 Å². The van der Waals surface area contributed by atoms with Crippen molar-refractivity contribution in [2.24, 2.45) is 0 Å². The minimum atomic E-state index is 1.05. The van der Waals surface area contributed by atoms with Crippen LogP contribution in [0.3, 0.4) is 0 Å². The molecule has 0 aliphatic heterocycles. The van der Waals surface area contributed by atoms with Gasteiger partial charge in [0.2, 0.25) is 0 Å². The summed E-state index contributed by atoms with van der Waals surface area (Å²) >= 11 is 0. The van der Waals surface area contributed by atoms with Crippen LogP contribution in [0.25, 0.3) is 22.3 Å². The summed E-state index contributed by atoms with van der Waals surface area (Å²) in [6, 6.07) is 164. The molecule has 0 unspecified atom stereocenters. The predicted octanol–water partition coefficient (Wildman–Crippen LogP) is 33.5. The quantitative estimate of drug-likeness (QED) is 0.0629. The lowest BCUT2D eigenvalue weighted by atomic mass is 10.0. The fourth-order valence-electron chi connectivity index (χ4n) is 16.5. The lowest BCUT2D eigenvalue weighted by Crippen LogP contribution is -2.14. The lowest BCUT2D eigenvalue weighted by molar-refractivity contribution is 1.23. The largest absolute Gasteiger partial charge is 0.310 e. The second kappa shape index (κ2) is 36.8. The van der Waals surface area contributed by atoms with Gasteiger partial charge in [-0.25, -0.2) is 0 Å². The van der Waals surface area contributed by atoms with E-state index >= 15 is 0 Å². The number of para-hydroxylation sites is 3. The molecule has 0 atom stereocenters. The van der Waals surface area contributed by atoms with Gasteiger partial charge in [0.1, 0.15) is 0 Å². The van der Waals surface area contributed by atoms with Gasteiger partial charge in [-0.05, 0) is 377 Å². The monoisotopic (exact) mass is 1590 g/mol. The van der Waals surface area contributed by atoms with Gasteiger partial charge in [0.25, 0.3) is 0 Å². The number of anilines is 21. The first-order chi connectivity index (χ1) is 60.2. The number of nitrogens with zero attached hydrogens (tertiary/aromatic N) is 7. The highest BCUT2D eigenvalue weighted by Gasteiger charge is 2.23. The topological polar surface area (TPSA) is 22.7 Å². The summed E-state index contributed by atoms with van der Waals surface area (Å²) in [6.45, 7) is 17.2. The summed E-state index contributed by atoms with van der Waals surface area (Å²) in [7, 11) is 0. The number of hydrogen-bond acceptors (Lipinski definition) is 7. The molecule has 7 nitrogen and oxygen atoms in total. The Morgan fingerprint density at radius 3 is 0.341 bits per heavy atom. The highest BCUT2D eigenvalue weighted by molar-refractivity contribution is 5.88. The first-order valence-electron chi connectivity index (χ1n) is 42.2. The molecule has 7 heteroatoms. The molecule has 0 aromatic heterocycles. The maximum atomic E-state index is 2.34. The standard InChI is InChI=1S/C59H51N3.C57H48N4/c1-42-11-6-16-55(37-42)60(51-29-21-47(22-30-51)49-25-33-53(34-26-49)61(56-17-7-12-43(2)38-56)57-18-8-13-44(3)39-57)52-31-23-48(24-32-52)50-27-35-54(36-28-50)62(58-19-9-14-45(4)40-58)59-20-10-15-46(5)41-59;1-43-16-13-25-55(40-43)59(46-19-7-4-8-20-46)52-34-28-49(29-35-52)58(50-30-36-53(37-31-50)60(47-21-9-5-10-22-47)56-26-14-17-44(2)41-56)51-32-38-54(39-33-51)61(48-23-11-6-12-24-48)57-27-15-18-45(3)42-57/h6-41H,1-5H3;4-42H,1-3H3. The molecule has 0 aliphatic carbocycles. The highest BCUT2D eigenvalue weighted by Crippen LogP contribution is 2.46. The average molecular weight is 1590 g/mol. The second-order valence-corrected chi connectivity index (χ2v) is 31.8. The molecule has 0 N–H and O–H groups in total. The van der Waals surface area contributed by atoms with Gasteiger partial charge >= 0.3 is 0 Å². The van der Waals surface area contributed by atoms with Crippen LogP contribution in [0.2, 0.25) is 0 Å². The van der Waals surface area contributed by atoms with Crippen molar-refractivity contribution in [3.05, 3.63) is 499 Å². The van der Waals surface area contributed by atoms with Crippen molar-refractivity contribution in [3.8, 4) is 22.3 Å². The van der Waals surface area contributed by atoms with Crippen LogP contribution in [0.1, 0.15) is 44.5 Å². The SMILES string of the molecule is Cc1cccc(N(c2ccc(-c3ccc(N(c4cccc(C)c4)c4cccc(C)c4)cc3)cc2)c2ccc(-c3ccc(N(c4cccc(C)c4)c4cccc(C)c4)cc3)cc2)c1.Cc1cccc(N(c2ccccc2)c2ccc(N(c3ccc(N(c4ccccc4)c4cccc(C)c4)cc3)c3ccc(N(c4ccccc4)c4cccc(C)c4)cc3)cc2)c1. The van der Waals surface area contributed by atoms with Crippen LogP contribution < -0.4 is 34.3 Å². The molecule has 18 aromatic rings. The normalized spacial score (nSPS) is 10.9. The van der Waals surface area contributed by atoms with Crippen molar-refractivity contribution >= 4 is 119 Å². The molecule has 0 spiro atoms. The minimum absolute atomic E-state index is 1.05. The summed E-state index contributed by atoms with van der Waals surface area (Å²) in [5, 5.41) is 0. The first-order valence-corrected chi connectivity index (χ1v) is 42.2. The molecule has 0 radical (unpaired) electrons. The van der Waals surface area contributed by atoms with Crippen molar-refractivity contribution < 1.29 is 0 Å². The molecule has 123 heavy (non-hydrogen) atoms. The van der Waals surface area contributed by atoms with E-state index in [0.717, 1.165) is 119 Å². The van der Waals surface area contributed by atoms with Crippen LogP contribution in [0, 0.1) is 55.4 Å². The Morgan fingerprint density at radius 1 is 0.0976 bits per heavy atom. The number of rotatable bonds is 23. The molecule has 0 amide bonds. The van der Waals surface area contributed by atoms with Crippen LogP contribution in [0.4, 0.5) is 119 Å². The van der Waals surface area contributed by atoms with Crippen molar-refractivity contribution in [1.82, 2.24) is 0 Å². The number of hydrogen-bond donors (Lipinski definition) is 0. The molecule has 0 aliphatic rings. The minimum Gasteiger partial charge on any atom is -0.310 e. The van der Waals surface area contributed by atoms with Gasteiger partial charge in [-0.15, -0.1) is 0 Å². The van der Waals surface area contributed by atoms with Crippen molar-refractivity contribution in [2.45, 2.75) is 55.4 Å². The van der Waals surface area contributed by atoms with E-state index in [2.05, 4.69) is 545 Å². The molecule has 18 rings (SSSR count). The maximum Gasteiger partial charge on any atom is 0.0464 e. The molecular formula is C116H99N7. The second-order valence-electron chi connectivity index (χ2n) is 31.8. The molecule has 0 saturated heterocycles. The molecule has 0 fully saturated rings. The molecule has 0 saturated carbocycles. The van der Waals surface area contributed by atoms with Crippen molar-refractivity contribution in [2.75, 3.05) is 34.3 Å². The van der Waals surface area contributed by atoms with E-state index in [1.165, 1.54) is 66.8 Å². The van der Waals surface area contributed by atoms with E-state index < -0.39 is 0 Å². The van der Waals surface area contributed by atoms with Crippen LogP contribution in [-0.4, -0.2) is 0 Å². The van der Waals surface area contributed by atoms with E-state index in [0.29, 0.717) is 0 Å². The molecule has 18 aromatic carbocycles. The van der Waals surface area contributed by atoms with E-state index in [4.69, 9.17) is 0 Å². The van der Waals surface area contributed by atoms with Gasteiger partial charge in [-0.3, -0.25) is 0 Å². The summed E-state index contributed by atoms with van der Waals surface area (Å²) in [5.41, 5.74) is 37.8. The highest BCUT2D eigenvalue weighted by atomic mass is 15.2. The Bertz CT molecular complexity index is 5990. The van der Waals surface area contributed by atoms with E-state index in [-0.39, 0.29) is 0 Å². The Hall–Kier alpha value is -15.4. The van der Waals surface area contributed by atoms with E-state index in [1.54, 1.807) is 0 Å². The maximum absolute atomic E-state index is 2.34. The molecule has 0 bridgehead atoms. The number of aryl methyl sites for hydroxylation is 8. The zero-order valence-corrected chi connectivity index (χ0v) is 70.9. The molecule has 0 heterocycles. The third-order valence-corrected chi connectivity index (χ3v) is 22.4. The van der Waals surface area contributed by atoms with Crippen molar-refractivity contribution in [1.29, 1.82) is 0 Å². The first kappa shape index (κ1) is 80.0. The van der Waals surface area contributed by atoms with Crippen molar-refractivity contribution in [3.63, 3.8) is 0 Å². The summed E-state index contributed by atoms with van der Waals surface area (Å²) in [4.78, 5) is 16.3. The Balaban J connectivity index is 0.000000175. The molecule has 598 valence electrons. The van der Waals surface area contributed by atoms with Crippen LogP contribution in [0.5, 0.6) is 0 Å². The molecular weight excluding hydrogens is 1490 g/mol. The number of benzene rings is 18. The third kappa shape index (κ3) is 18.6. The van der Waals surface area contributed by atoms with Gasteiger partial charge in [-0.1, -0.05) is 200 Å². The summed E-state index contributed by atoms with van der Waals surface area (Å²) in [5.74, 6) is 0. The fourth-order valence-corrected chi connectivity index (χ4v) is 16.5.